The van der Waals surface area contributed by atoms with Crippen LogP contribution in [0.2, 0.25) is 0 Å². The van der Waals surface area contributed by atoms with Crippen molar-refractivity contribution in [1.82, 2.24) is 5.32 Å². The van der Waals surface area contributed by atoms with E-state index in [4.69, 9.17) is 4.74 Å². The largest absolute Gasteiger partial charge is 0.483 e. The number of amides is 1. The highest BCUT2D eigenvalue weighted by atomic mass is 16.5. The summed E-state index contributed by atoms with van der Waals surface area (Å²) in [6.07, 6.45) is 0. The summed E-state index contributed by atoms with van der Waals surface area (Å²) in [7, 11) is 0. The van der Waals surface area contributed by atoms with E-state index in [1.807, 2.05) is 32.0 Å². The zero-order valence-electron chi connectivity index (χ0n) is 16.4. The summed E-state index contributed by atoms with van der Waals surface area (Å²) in [5.41, 5.74) is 4.52. The highest BCUT2D eigenvalue weighted by Crippen LogP contribution is 2.21. The van der Waals surface area contributed by atoms with E-state index in [1.54, 1.807) is 4.90 Å². The van der Waals surface area contributed by atoms with Gasteiger partial charge in [-0.3, -0.25) is 4.79 Å². The summed E-state index contributed by atoms with van der Waals surface area (Å²) < 4.78 is 5.69. The molecule has 0 aromatic heterocycles. The molecule has 2 aromatic rings. The Morgan fingerprint density at radius 2 is 1.54 bits per heavy atom. The molecule has 0 fully saturated rings. The van der Waals surface area contributed by atoms with Crippen molar-refractivity contribution in [3.05, 3.63) is 64.7 Å². The third-order valence-electron chi connectivity index (χ3n) is 4.72. The summed E-state index contributed by atoms with van der Waals surface area (Å²) >= 11 is 0. The van der Waals surface area contributed by atoms with Crippen LogP contribution in [0.5, 0.6) is 5.75 Å². The molecule has 0 saturated carbocycles. The Labute approximate surface area is 157 Å². The predicted molar refractivity (Wildman–Crippen MR) is 105 cm³/mol. The summed E-state index contributed by atoms with van der Waals surface area (Å²) in [5.74, 6) is 0.690. The van der Waals surface area contributed by atoms with E-state index in [0.29, 0.717) is 6.54 Å². The molecule has 2 aromatic carbocycles. The lowest BCUT2D eigenvalue weighted by atomic mass is 10.1. The lowest BCUT2D eigenvalue weighted by Gasteiger charge is -2.15. The average Bonchev–Trinajstić information content (AvgIpc) is 2.65. The van der Waals surface area contributed by atoms with Gasteiger partial charge in [0.25, 0.3) is 5.91 Å². The highest BCUT2D eigenvalue weighted by molar-refractivity contribution is 5.77. The first-order chi connectivity index (χ1) is 12.5. The fourth-order valence-electron chi connectivity index (χ4n) is 2.98. The van der Waals surface area contributed by atoms with Crippen LogP contribution >= 0.6 is 0 Å². The molecule has 140 valence electrons. The number of aryl methyl sites for hydroxylation is 2. The number of carbonyl (C=O) groups excluding carboxylic acids is 1. The number of carbonyl (C=O) groups is 1. The summed E-state index contributed by atoms with van der Waals surface area (Å²) in [5, 5.41) is 2.92. The Balaban J connectivity index is 1.80. The Hall–Kier alpha value is -2.33. The predicted octanol–water partition coefficient (Wildman–Crippen LogP) is 2.42. The van der Waals surface area contributed by atoms with Gasteiger partial charge in [-0.1, -0.05) is 42.5 Å². The van der Waals surface area contributed by atoms with Crippen molar-refractivity contribution in [2.75, 3.05) is 19.7 Å². The maximum atomic E-state index is 12.1. The molecule has 0 aliphatic rings. The monoisotopic (exact) mass is 355 g/mol. The van der Waals surface area contributed by atoms with E-state index in [0.717, 1.165) is 42.1 Å². The minimum Gasteiger partial charge on any atom is -0.483 e. The van der Waals surface area contributed by atoms with Crippen molar-refractivity contribution in [2.45, 2.75) is 40.8 Å². The van der Waals surface area contributed by atoms with Crippen LogP contribution in [0.15, 0.2) is 42.5 Å². The van der Waals surface area contributed by atoms with Gasteiger partial charge in [0.05, 0.1) is 13.1 Å². The summed E-state index contributed by atoms with van der Waals surface area (Å²) in [4.78, 5) is 13.6. The smallest absolute Gasteiger partial charge is 0.258 e. The molecule has 0 unspecified atom stereocenters. The zero-order chi connectivity index (χ0) is 18.9. The normalized spacial score (nSPS) is 10.8. The quantitative estimate of drug-likeness (QED) is 0.725. The highest BCUT2D eigenvalue weighted by Gasteiger charge is 2.08. The van der Waals surface area contributed by atoms with Gasteiger partial charge in [-0.25, -0.2) is 0 Å². The van der Waals surface area contributed by atoms with Crippen molar-refractivity contribution in [3.63, 3.8) is 0 Å². The molecule has 0 radical (unpaired) electrons. The molecular formula is C22H31N2O2+. The molecule has 0 heterocycles. The van der Waals surface area contributed by atoms with Gasteiger partial charge in [-0.05, 0) is 44.4 Å². The van der Waals surface area contributed by atoms with E-state index in [1.165, 1.54) is 5.56 Å². The fraction of sp³-hybridized carbons (Fsp3) is 0.409. The number of quaternary nitrogens is 1. The molecule has 0 aliphatic heterocycles. The van der Waals surface area contributed by atoms with Gasteiger partial charge >= 0.3 is 0 Å². The first-order valence-electron chi connectivity index (χ1n) is 9.40. The lowest BCUT2D eigenvalue weighted by Crippen LogP contribution is -3.10. The number of hydrogen-bond donors (Lipinski definition) is 2. The van der Waals surface area contributed by atoms with Crippen molar-refractivity contribution in [2.24, 2.45) is 0 Å². The first-order valence-corrected chi connectivity index (χ1v) is 9.40. The second-order valence-corrected chi connectivity index (χ2v) is 6.74. The number of rotatable bonds is 9. The van der Waals surface area contributed by atoms with Crippen molar-refractivity contribution in [1.29, 1.82) is 0 Å². The van der Waals surface area contributed by atoms with E-state index >= 15 is 0 Å². The van der Waals surface area contributed by atoms with Crippen LogP contribution in [0, 0.1) is 13.8 Å². The van der Waals surface area contributed by atoms with Crippen LogP contribution in [-0.2, 0) is 17.9 Å². The third-order valence-corrected chi connectivity index (χ3v) is 4.72. The van der Waals surface area contributed by atoms with Gasteiger partial charge < -0.3 is 15.0 Å². The number of para-hydroxylation sites is 1. The summed E-state index contributed by atoms with van der Waals surface area (Å²) in [6.45, 7) is 12.3. The minimum atomic E-state index is -0.107. The number of nitrogens with one attached hydrogen (secondary N) is 2. The topological polar surface area (TPSA) is 42.8 Å². The molecule has 2 rings (SSSR count). The lowest BCUT2D eigenvalue weighted by molar-refractivity contribution is -0.910. The second-order valence-electron chi connectivity index (χ2n) is 6.74. The maximum absolute atomic E-state index is 12.1. The molecule has 2 N–H and O–H groups in total. The van der Waals surface area contributed by atoms with Crippen LogP contribution in [0.3, 0.4) is 0 Å². The number of hydrogen-bond acceptors (Lipinski definition) is 2. The first kappa shape index (κ1) is 20.0. The van der Waals surface area contributed by atoms with Crippen LogP contribution in [0.25, 0.3) is 0 Å². The SMILES string of the molecule is CC[NH+](CC)Cc1ccc(CNC(=O)COc2c(C)cccc2C)cc1. The molecule has 0 bridgehead atoms. The Morgan fingerprint density at radius 3 is 2.12 bits per heavy atom. The van der Waals surface area contributed by atoms with Gasteiger partial charge in [-0.15, -0.1) is 0 Å². The Morgan fingerprint density at radius 1 is 0.962 bits per heavy atom. The van der Waals surface area contributed by atoms with Crippen LogP contribution < -0.4 is 15.0 Å². The third kappa shape index (κ3) is 5.88. The Bertz CT molecular complexity index is 686. The molecule has 4 nitrogen and oxygen atoms in total. The minimum absolute atomic E-state index is 0.0368. The van der Waals surface area contributed by atoms with Gasteiger partial charge in [0.15, 0.2) is 6.61 Å². The zero-order valence-corrected chi connectivity index (χ0v) is 16.4. The van der Waals surface area contributed by atoms with Gasteiger partial charge in [0.2, 0.25) is 0 Å². The number of ether oxygens (including phenoxy) is 1. The standard InChI is InChI=1S/C22H30N2O2/c1-5-24(6-2)15-20-12-10-19(11-13-20)14-23-21(25)16-26-22-17(3)8-7-9-18(22)4/h7-13H,5-6,14-16H2,1-4H3,(H,23,25)/p+1. The fourth-order valence-corrected chi connectivity index (χ4v) is 2.98. The van der Waals surface area contributed by atoms with Crippen molar-refractivity contribution < 1.29 is 14.4 Å². The second kappa shape index (κ2) is 9.97. The average molecular weight is 356 g/mol. The van der Waals surface area contributed by atoms with E-state index in [2.05, 4.69) is 43.4 Å². The molecular weight excluding hydrogens is 324 g/mol. The molecule has 0 spiro atoms. The van der Waals surface area contributed by atoms with E-state index in [9.17, 15) is 4.79 Å². The van der Waals surface area contributed by atoms with Gasteiger partial charge in [0.1, 0.15) is 12.3 Å². The molecule has 0 saturated heterocycles. The van der Waals surface area contributed by atoms with Crippen LogP contribution in [-0.4, -0.2) is 25.6 Å². The van der Waals surface area contributed by atoms with Gasteiger partial charge in [0, 0.05) is 12.1 Å². The van der Waals surface area contributed by atoms with E-state index < -0.39 is 0 Å². The van der Waals surface area contributed by atoms with Crippen molar-refractivity contribution >= 4 is 5.91 Å². The molecule has 26 heavy (non-hydrogen) atoms. The summed E-state index contributed by atoms with van der Waals surface area (Å²) in [6, 6.07) is 14.4. The number of benzene rings is 2. The maximum Gasteiger partial charge on any atom is 0.258 e. The van der Waals surface area contributed by atoms with Crippen molar-refractivity contribution in [3.8, 4) is 5.75 Å². The molecule has 0 aliphatic carbocycles. The van der Waals surface area contributed by atoms with E-state index in [-0.39, 0.29) is 12.5 Å². The van der Waals surface area contributed by atoms with Gasteiger partial charge in [-0.2, -0.15) is 0 Å². The van der Waals surface area contributed by atoms with Crippen LogP contribution in [0.1, 0.15) is 36.1 Å². The molecule has 4 heteroatoms. The van der Waals surface area contributed by atoms with Crippen LogP contribution in [0.4, 0.5) is 0 Å². The Kier molecular flexibility index (Phi) is 7.67. The molecule has 1 amide bonds. The molecule has 0 atom stereocenters.